The lowest BCUT2D eigenvalue weighted by Gasteiger charge is -2.49. The molecular weight excluding hydrogens is 234 g/mol. The molecule has 2 heteroatoms. The van der Waals surface area contributed by atoms with Crippen molar-refractivity contribution in [3.63, 3.8) is 0 Å². The zero-order valence-electron chi connectivity index (χ0n) is 11.9. The number of benzene rings is 1. The molecule has 1 heterocycles. The number of nitrogens with two attached hydrogens (primary N) is 1. The van der Waals surface area contributed by atoms with Crippen molar-refractivity contribution in [1.82, 2.24) is 0 Å². The van der Waals surface area contributed by atoms with E-state index in [9.17, 15) is 0 Å². The number of hydrogen-bond donors (Lipinski definition) is 1. The molecule has 0 spiro atoms. The van der Waals surface area contributed by atoms with Crippen molar-refractivity contribution < 1.29 is 4.74 Å². The Morgan fingerprint density at radius 2 is 1.74 bits per heavy atom. The van der Waals surface area contributed by atoms with Crippen LogP contribution in [-0.2, 0) is 16.6 Å². The van der Waals surface area contributed by atoms with Crippen molar-refractivity contribution in [2.75, 3.05) is 13.2 Å². The molecule has 0 amide bonds. The summed E-state index contributed by atoms with van der Waals surface area (Å²) in [6, 6.07) is 9.65. The summed E-state index contributed by atoms with van der Waals surface area (Å²) < 4.78 is 5.60. The Kier molecular flexibility index (Phi) is 3.64. The van der Waals surface area contributed by atoms with E-state index in [2.05, 4.69) is 31.2 Å². The summed E-state index contributed by atoms with van der Waals surface area (Å²) >= 11 is 0. The maximum atomic E-state index is 6.05. The van der Waals surface area contributed by atoms with Crippen molar-refractivity contribution in [1.29, 1.82) is 0 Å². The van der Waals surface area contributed by atoms with Crippen LogP contribution in [0.25, 0.3) is 0 Å². The SMILES string of the molecule is CCc1ccc(C2(C3CCC(N)CC3)COC2)cc1. The Labute approximate surface area is 116 Å². The largest absolute Gasteiger partial charge is 0.379 e. The Morgan fingerprint density at radius 1 is 1.11 bits per heavy atom. The maximum absolute atomic E-state index is 6.05. The van der Waals surface area contributed by atoms with Gasteiger partial charge in [-0.3, -0.25) is 0 Å². The van der Waals surface area contributed by atoms with Crippen LogP contribution in [0.15, 0.2) is 24.3 Å². The van der Waals surface area contributed by atoms with Crippen LogP contribution in [0.4, 0.5) is 0 Å². The van der Waals surface area contributed by atoms with Crippen LogP contribution >= 0.6 is 0 Å². The van der Waals surface area contributed by atoms with E-state index in [0.717, 1.165) is 25.6 Å². The Morgan fingerprint density at radius 3 is 2.21 bits per heavy atom. The molecule has 0 atom stereocenters. The first kappa shape index (κ1) is 13.1. The molecule has 19 heavy (non-hydrogen) atoms. The fraction of sp³-hybridized carbons (Fsp3) is 0.647. The second kappa shape index (κ2) is 5.26. The van der Waals surface area contributed by atoms with Crippen molar-refractivity contribution in [3.8, 4) is 0 Å². The second-order valence-corrected chi connectivity index (χ2v) is 6.31. The molecule has 0 unspecified atom stereocenters. The van der Waals surface area contributed by atoms with Crippen molar-refractivity contribution in [3.05, 3.63) is 35.4 Å². The van der Waals surface area contributed by atoms with Crippen molar-refractivity contribution in [2.45, 2.75) is 50.5 Å². The summed E-state index contributed by atoms with van der Waals surface area (Å²) in [6.07, 6.45) is 6.00. The zero-order chi connectivity index (χ0) is 13.3. The van der Waals surface area contributed by atoms with Crippen LogP contribution < -0.4 is 5.73 Å². The third-order valence-electron chi connectivity index (χ3n) is 5.21. The van der Waals surface area contributed by atoms with E-state index >= 15 is 0 Å². The highest BCUT2D eigenvalue weighted by atomic mass is 16.5. The molecule has 0 radical (unpaired) electrons. The van der Waals surface area contributed by atoms with Crippen LogP contribution in [0.3, 0.4) is 0 Å². The van der Waals surface area contributed by atoms with E-state index in [0.29, 0.717) is 6.04 Å². The molecule has 2 N–H and O–H groups in total. The van der Waals surface area contributed by atoms with Gasteiger partial charge in [-0.25, -0.2) is 0 Å². The molecule has 104 valence electrons. The number of aryl methyl sites for hydroxylation is 1. The topological polar surface area (TPSA) is 35.2 Å². The molecule has 0 bridgehead atoms. The molecule has 1 aromatic rings. The van der Waals surface area contributed by atoms with E-state index in [4.69, 9.17) is 10.5 Å². The standard InChI is InChI=1S/C17H25NO/c1-2-13-3-5-14(6-4-13)17(11-19-12-17)15-7-9-16(18)10-8-15/h3-6,15-16H,2,7-12,18H2,1H3. The van der Waals surface area contributed by atoms with E-state index < -0.39 is 0 Å². The minimum Gasteiger partial charge on any atom is -0.379 e. The highest BCUT2D eigenvalue weighted by Crippen LogP contribution is 2.45. The summed E-state index contributed by atoms with van der Waals surface area (Å²) in [5, 5.41) is 0. The van der Waals surface area contributed by atoms with Crippen LogP contribution in [-0.4, -0.2) is 19.3 Å². The molecule has 2 fully saturated rings. The number of hydrogen-bond acceptors (Lipinski definition) is 2. The average Bonchev–Trinajstić information content (AvgIpc) is 2.40. The van der Waals surface area contributed by atoms with Crippen LogP contribution in [0.5, 0.6) is 0 Å². The normalized spacial score (nSPS) is 29.8. The molecular formula is C17H25NO. The van der Waals surface area contributed by atoms with E-state index in [-0.39, 0.29) is 5.41 Å². The van der Waals surface area contributed by atoms with E-state index in [1.54, 1.807) is 0 Å². The van der Waals surface area contributed by atoms with Gasteiger partial charge in [0.25, 0.3) is 0 Å². The molecule has 3 rings (SSSR count). The third-order valence-corrected chi connectivity index (χ3v) is 5.21. The predicted octanol–water partition coefficient (Wildman–Crippen LogP) is 3.03. The van der Waals surface area contributed by atoms with Gasteiger partial charge in [0.1, 0.15) is 0 Å². The van der Waals surface area contributed by atoms with Gasteiger partial charge in [0.15, 0.2) is 0 Å². The van der Waals surface area contributed by atoms with Crippen LogP contribution in [0.1, 0.15) is 43.7 Å². The Bertz CT molecular complexity index is 413. The molecule has 1 aliphatic heterocycles. The van der Waals surface area contributed by atoms with Gasteiger partial charge in [0.2, 0.25) is 0 Å². The second-order valence-electron chi connectivity index (χ2n) is 6.31. The summed E-state index contributed by atoms with van der Waals surface area (Å²) in [5.41, 5.74) is 9.23. The Hall–Kier alpha value is -0.860. The minimum absolute atomic E-state index is 0.284. The van der Waals surface area contributed by atoms with Crippen molar-refractivity contribution in [2.24, 2.45) is 11.7 Å². The average molecular weight is 259 g/mol. The lowest BCUT2D eigenvalue weighted by atomic mass is 9.63. The smallest absolute Gasteiger partial charge is 0.0588 e. The molecule has 1 saturated carbocycles. The van der Waals surface area contributed by atoms with Gasteiger partial charge in [-0.05, 0) is 49.1 Å². The van der Waals surface area contributed by atoms with Crippen molar-refractivity contribution >= 4 is 0 Å². The van der Waals surface area contributed by atoms with Gasteiger partial charge in [-0.1, -0.05) is 31.2 Å². The van der Waals surface area contributed by atoms with Gasteiger partial charge in [-0.2, -0.15) is 0 Å². The van der Waals surface area contributed by atoms with E-state index in [1.807, 2.05) is 0 Å². The van der Waals surface area contributed by atoms with Crippen LogP contribution in [0.2, 0.25) is 0 Å². The molecule has 2 nitrogen and oxygen atoms in total. The monoisotopic (exact) mass is 259 g/mol. The molecule has 1 aromatic carbocycles. The van der Waals surface area contributed by atoms with E-state index in [1.165, 1.54) is 36.8 Å². The summed E-state index contributed by atoms with van der Waals surface area (Å²) in [7, 11) is 0. The highest BCUT2D eigenvalue weighted by Gasteiger charge is 2.47. The summed E-state index contributed by atoms with van der Waals surface area (Å²) in [5.74, 6) is 0.758. The quantitative estimate of drug-likeness (QED) is 0.905. The van der Waals surface area contributed by atoms with Gasteiger partial charge in [0.05, 0.1) is 13.2 Å². The number of rotatable bonds is 3. The fourth-order valence-electron chi connectivity index (χ4n) is 3.70. The summed E-state index contributed by atoms with van der Waals surface area (Å²) in [4.78, 5) is 0. The molecule has 1 aliphatic carbocycles. The minimum atomic E-state index is 0.284. The molecule has 2 aliphatic rings. The van der Waals surface area contributed by atoms with Gasteiger partial charge < -0.3 is 10.5 Å². The first-order valence-corrected chi connectivity index (χ1v) is 7.67. The molecule has 0 aromatic heterocycles. The highest BCUT2D eigenvalue weighted by molar-refractivity contribution is 5.32. The van der Waals surface area contributed by atoms with Crippen LogP contribution in [0, 0.1) is 5.92 Å². The lowest BCUT2D eigenvalue weighted by molar-refractivity contribution is -0.0984. The summed E-state index contributed by atoms with van der Waals surface area (Å²) in [6.45, 7) is 4.01. The third kappa shape index (κ3) is 2.32. The fourth-order valence-corrected chi connectivity index (χ4v) is 3.70. The first-order valence-electron chi connectivity index (χ1n) is 7.67. The van der Waals surface area contributed by atoms with Gasteiger partial charge in [0, 0.05) is 11.5 Å². The first-order chi connectivity index (χ1) is 9.24. The van der Waals surface area contributed by atoms with Gasteiger partial charge in [-0.15, -0.1) is 0 Å². The zero-order valence-corrected chi connectivity index (χ0v) is 11.9. The van der Waals surface area contributed by atoms with Gasteiger partial charge >= 0.3 is 0 Å². The number of ether oxygens (including phenoxy) is 1. The lowest BCUT2D eigenvalue weighted by Crippen LogP contribution is -2.53. The Balaban J connectivity index is 1.81. The maximum Gasteiger partial charge on any atom is 0.0588 e. The predicted molar refractivity (Wildman–Crippen MR) is 78.3 cm³/mol. The molecule has 1 saturated heterocycles.